The number of unbranched alkanes of at least 4 members (excludes halogenated alkanes) is 32. The third-order valence-corrected chi connectivity index (χ3v) is 16.8. The van der Waals surface area contributed by atoms with E-state index in [9.17, 15) is 45.1 Å². The Morgan fingerprint density at radius 2 is 0.517 bits per heavy atom. The van der Waals surface area contributed by atoms with Crippen molar-refractivity contribution in [1.29, 1.82) is 0 Å². The molecule has 0 spiro atoms. The average molecular weight is 1310 g/mol. The normalized spacial score (nSPS) is 11.8. The molecule has 0 amide bonds. The Hall–Kier alpha value is -3.64. The topological polar surface area (TPSA) is 220 Å². The van der Waals surface area contributed by atoms with E-state index in [-0.39, 0.29) is 75.3 Å². The number of hydrogen-bond acceptors (Lipinski definition) is 14. The minimum absolute atomic E-state index is 0. The Bertz CT molecular complexity index is 2330. The maximum Gasteiger partial charge on any atom is 2.00 e. The van der Waals surface area contributed by atoms with Gasteiger partial charge in [0.25, 0.3) is 0 Å². The molecule has 89 heavy (non-hydrogen) atoms. The molecule has 0 atom stereocenters. The van der Waals surface area contributed by atoms with E-state index in [0.29, 0.717) is 25.7 Å². The van der Waals surface area contributed by atoms with E-state index in [4.69, 9.17) is 18.9 Å². The van der Waals surface area contributed by atoms with Crippen molar-refractivity contribution in [2.45, 2.75) is 294 Å². The molecular formula is C72H114CaO14S2. The Kier molecular flexibility index (Phi) is 55.8. The second-order valence-corrected chi connectivity index (χ2v) is 25.6. The summed E-state index contributed by atoms with van der Waals surface area (Å²) < 4.78 is 92.6. The van der Waals surface area contributed by atoms with Crippen LogP contribution in [0.2, 0.25) is 0 Å². The Labute approximate surface area is 569 Å². The zero-order chi connectivity index (χ0) is 64.6. The van der Waals surface area contributed by atoms with Gasteiger partial charge in [-0.05, 0) is 153 Å². The number of benzene rings is 2. The molecule has 0 saturated heterocycles. The van der Waals surface area contributed by atoms with Crippen molar-refractivity contribution in [3.05, 3.63) is 107 Å². The van der Waals surface area contributed by atoms with Crippen molar-refractivity contribution in [3.63, 3.8) is 0 Å². The second kappa shape index (κ2) is 58.2. The number of allylic oxidation sites excluding steroid dienone is 8. The molecule has 0 heterocycles. The monoisotopic (exact) mass is 1310 g/mol. The first-order valence-electron chi connectivity index (χ1n) is 34.1. The van der Waals surface area contributed by atoms with Crippen LogP contribution >= 0.6 is 0 Å². The van der Waals surface area contributed by atoms with Crippen LogP contribution in [0.3, 0.4) is 0 Å². The number of carbonyl (C=O) groups is 4. The molecule has 0 N–H and O–H groups in total. The van der Waals surface area contributed by atoms with E-state index in [1.807, 2.05) is 0 Å². The first-order chi connectivity index (χ1) is 42.6. The fourth-order valence-corrected chi connectivity index (χ4v) is 11.1. The summed E-state index contributed by atoms with van der Waals surface area (Å²) in [6.07, 6.45) is 61.0. The summed E-state index contributed by atoms with van der Waals surface area (Å²) in [4.78, 5) is 49.8. The molecule has 0 unspecified atom stereocenters. The van der Waals surface area contributed by atoms with Crippen LogP contribution in [0, 0.1) is 0 Å². The molecule has 2 aromatic rings. The molecule has 0 aliphatic heterocycles. The summed E-state index contributed by atoms with van der Waals surface area (Å²) >= 11 is 0. The summed E-state index contributed by atoms with van der Waals surface area (Å²) in [6, 6.07) is 7.15. The summed E-state index contributed by atoms with van der Waals surface area (Å²) in [6.45, 7) is 9.26. The summed E-state index contributed by atoms with van der Waals surface area (Å²) in [5.41, 5.74) is -1.61. The molecule has 17 heteroatoms. The number of rotatable bonds is 54. The minimum atomic E-state index is -5.01. The Morgan fingerprint density at radius 1 is 0.315 bits per heavy atom. The van der Waals surface area contributed by atoms with Gasteiger partial charge in [0.05, 0.1) is 58.5 Å². The van der Waals surface area contributed by atoms with Crippen molar-refractivity contribution in [2.75, 3.05) is 26.4 Å². The molecule has 500 valence electrons. The van der Waals surface area contributed by atoms with Gasteiger partial charge >= 0.3 is 61.6 Å². The maximum atomic E-state index is 12.9. The molecule has 2 rings (SSSR count). The summed E-state index contributed by atoms with van der Waals surface area (Å²) in [7, 11) is -10.0. The number of hydrogen-bond donors (Lipinski definition) is 0. The van der Waals surface area contributed by atoms with Gasteiger partial charge in [0, 0.05) is 0 Å². The third-order valence-electron chi connectivity index (χ3n) is 15.0. The molecular weight excluding hydrogens is 1190 g/mol. The van der Waals surface area contributed by atoms with Gasteiger partial charge in [-0.15, -0.1) is 0 Å². The summed E-state index contributed by atoms with van der Waals surface area (Å²) in [5.74, 6) is -3.68. The van der Waals surface area contributed by atoms with E-state index in [2.05, 4.69) is 76.3 Å². The van der Waals surface area contributed by atoms with Crippen LogP contribution in [0.1, 0.15) is 326 Å². The van der Waals surface area contributed by atoms with Crippen LogP contribution in [0.25, 0.3) is 0 Å². The van der Waals surface area contributed by atoms with E-state index in [1.54, 1.807) is 0 Å². The van der Waals surface area contributed by atoms with Crippen LogP contribution in [0.5, 0.6) is 0 Å². The van der Waals surface area contributed by atoms with Gasteiger partial charge in [-0.2, -0.15) is 0 Å². The van der Waals surface area contributed by atoms with Gasteiger partial charge in [-0.3, -0.25) is 0 Å². The third kappa shape index (κ3) is 45.3. The molecule has 14 nitrogen and oxygen atoms in total. The standard InChI is InChI=1S/2C36H58O7S.Ca/c2*1-3-5-7-9-11-13-15-17-19-21-23-25-30-42-35(37)32-28-27-29-33(44(39,40)41)34(32)36(38)43-31-26-24-22-20-18-16-14-12-10-8-6-4-2;/h2*11-14,27-29H,3-10,15-26,30-31H2,1-2H3,(H,39,40,41);/q;;+2/p-2/b2*13-11+,14-12+;. The molecule has 0 bridgehead atoms. The molecule has 2 aromatic carbocycles. The van der Waals surface area contributed by atoms with Crippen LogP contribution in [-0.4, -0.2) is 114 Å². The largest absolute Gasteiger partial charge is 2.00 e. The van der Waals surface area contributed by atoms with Gasteiger partial charge in [0.1, 0.15) is 20.2 Å². The maximum absolute atomic E-state index is 12.9. The van der Waals surface area contributed by atoms with E-state index < -0.39 is 65.0 Å². The zero-order valence-electron chi connectivity index (χ0n) is 55.4. The average Bonchev–Trinajstić information content (AvgIpc) is 3.38. The molecule has 0 aliphatic carbocycles. The smallest absolute Gasteiger partial charge is 0.744 e. The SMILES string of the molecule is CCCCC/C=C/CCCCCCCOC(=O)c1cccc(S(=O)(=O)[O-])c1C(=O)OCCCCCCC/C=C/CCCCC.CCCCC/C=C/CCCCCCCOC(=O)c1cccc(S(=O)(=O)[O-])c1C(=O)OCCCCCCC/C=C/CCCCC.[Ca+2]. The predicted octanol–water partition coefficient (Wildman–Crippen LogP) is 19.3. The summed E-state index contributed by atoms with van der Waals surface area (Å²) in [5, 5.41) is 0. The minimum Gasteiger partial charge on any atom is -0.744 e. The van der Waals surface area contributed by atoms with E-state index in [0.717, 1.165) is 166 Å². The number of carbonyl (C=O) groups excluding carboxylic acids is 4. The molecule has 0 aliphatic rings. The van der Waals surface area contributed by atoms with Gasteiger partial charge in [0.15, 0.2) is 0 Å². The van der Waals surface area contributed by atoms with Crippen LogP contribution in [-0.2, 0) is 39.2 Å². The van der Waals surface area contributed by atoms with Crippen molar-refractivity contribution < 1.29 is 64.1 Å². The van der Waals surface area contributed by atoms with Gasteiger partial charge in [-0.25, -0.2) is 36.0 Å². The number of esters is 4. The van der Waals surface area contributed by atoms with Crippen molar-refractivity contribution in [3.8, 4) is 0 Å². The van der Waals surface area contributed by atoms with E-state index in [1.165, 1.54) is 101 Å². The van der Waals surface area contributed by atoms with Gasteiger partial charge in [0.2, 0.25) is 0 Å². The first-order valence-corrected chi connectivity index (χ1v) is 36.9. The van der Waals surface area contributed by atoms with Crippen LogP contribution in [0.15, 0.2) is 94.8 Å². The first kappa shape index (κ1) is 85.4. The van der Waals surface area contributed by atoms with Crippen molar-refractivity contribution in [1.82, 2.24) is 0 Å². The Morgan fingerprint density at radius 3 is 0.742 bits per heavy atom. The van der Waals surface area contributed by atoms with Gasteiger partial charge < -0.3 is 28.1 Å². The number of ether oxygens (including phenoxy) is 4. The fourth-order valence-electron chi connectivity index (χ4n) is 9.77. The van der Waals surface area contributed by atoms with Crippen molar-refractivity contribution in [2.24, 2.45) is 0 Å². The quantitative estimate of drug-likeness (QED) is 0.0150. The van der Waals surface area contributed by atoms with Crippen molar-refractivity contribution >= 4 is 81.9 Å². The van der Waals surface area contributed by atoms with Crippen LogP contribution in [0.4, 0.5) is 0 Å². The molecule has 0 fully saturated rings. The predicted molar refractivity (Wildman–Crippen MR) is 360 cm³/mol. The van der Waals surface area contributed by atoms with E-state index >= 15 is 0 Å². The molecule has 0 saturated carbocycles. The molecule has 0 aromatic heterocycles. The zero-order valence-corrected chi connectivity index (χ0v) is 59.3. The fraction of sp³-hybridized carbons (Fsp3) is 0.667. The van der Waals surface area contributed by atoms with Crippen LogP contribution < -0.4 is 0 Å². The molecule has 0 radical (unpaired) electrons. The Balaban J connectivity index is 0.00000172. The second-order valence-electron chi connectivity index (χ2n) is 22.9. The van der Waals surface area contributed by atoms with Gasteiger partial charge in [-0.1, -0.05) is 217 Å².